The predicted molar refractivity (Wildman–Crippen MR) is 91.4 cm³/mol. The lowest BCUT2D eigenvalue weighted by Crippen LogP contribution is -2.27. The summed E-state index contributed by atoms with van der Waals surface area (Å²) in [5.41, 5.74) is 0. The van der Waals surface area contributed by atoms with Gasteiger partial charge < -0.3 is 4.74 Å². The molecule has 0 fully saturated rings. The number of hydrogen-bond donors (Lipinski definition) is 2. The average Bonchev–Trinajstić information content (AvgIpc) is 2.99. The van der Waals surface area contributed by atoms with E-state index in [1.54, 1.807) is 25.1 Å². The maximum atomic E-state index is 12.2. The van der Waals surface area contributed by atoms with Gasteiger partial charge in [0, 0.05) is 0 Å². The lowest BCUT2D eigenvalue weighted by Gasteiger charge is -2.09. The van der Waals surface area contributed by atoms with Crippen molar-refractivity contribution in [2.45, 2.75) is 17.9 Å². The first-order chi connectivity index (χ1) is 11.4. The summed E-state index contributed by atoms with van der Waals surface area (Å²) < 4.78 is 31.8. The second-order valence-corrected chi connectivity index (χ2v) is 7.24. The van der Waals surface area contributed by atoms with E-state index < -0.39 is 22.0 Å². The average molecular weight is 368 g/mol. The zero-order chi connectivity index (χ0) is 17.6. The maximum Gasteiger partial charge on any atom is 0.263 e. The number of aromatic nitrogens is 2. The van der Waals surface area contributed by atoms with Gasteiger partial charge in [-0.15, -0.1) is 16.8 Å². The number of carbonyl (C=O) groups is 1. The van der Waals surface area contributed by atoms with Crippen LogP contribution < -0.4 is 10.0 Å². The molecule has 1 aromatic carbocycles. The first-order valence-electron chi connectivity index (χ1n) is 6.87. The molecule has 0 saturated heterocycles. The first-order valence-corrected chi connectivity index (χ1v) is 9.17. The molecule has 128 valence electrons. The van der Waals surface area contributed by atoms with Crippen LogP contribution in [0.25, 0.3) is 0 Å². The van der Waals surface area contributed by atoms with Crippen LogP contribution in [0.1, 0.15) is 6.92 Å². The number of nitrogens with zero attached hydrogens (tertiary/aromatic N) is 2. The topological polar surface area (TPSA) is 110 Å². The van der Waals surface area contributed by atoms with Gasteiger partial charge in [0.05, 0.1) is 11.5 Å². The van der Waals surface area contributed by atoms with Crippen molar-refractivity contribution in [3.8, 4) is 0 Å². The molecule has 0 spiro atoms. The summed E-state index contributed by atoms with van der Waals surface area (Å²) >= 11 is 0.904. The summed E-state index contributed by atoms with van der Waals surface area (Å²) in [6.07, 6.45) is 0.835. The van der Waals surface area contributed by atoms with Crippen molar-refractivity contribution in [3.05, 3.63) is 43.0 Å². The lowest BCUT2D eigenvalue weighted by molar-refractivity contribution is -0.125. The zero-order valence-electron chi connectivity index (χ0n) is 12.8. The van der Waals surface area contributed by atoms with Crippen molar-refractivity contribution in [1.29, 1.82) is 0 Å². The van der Waals surface area contributed by atoms with Gasteiger partial charge in [0.15, 0.2) is 0 Å². The standard InChI is InChI=1S/C14H16N4O4S2/c1-3-9-22-10(2)12(19)15-13-16-17-14(23-13)18-24(20,21)11-7-5-4-6-8-11/h3-8,10H,1,9H2,2H3,(H,17,18)(H,15,16,19)/t10-/m1/s1. The van der Waals surface area contributed by atoms with Crippen molar-refractivity contribution in [1.82, 2.24) is 10.2 Å². The summed E-state index contributed by atoms with van der Waals surface area (Å²) in [7, 11) is -3.75. The number of amides is 1. The van der Waals surface area contributed by atoms with Crippen LogP contribution in [-0.4, -0.2) is 37.2 Å². The molecule has 0 aliphatic rings. The van der Waals surface area contributed by atoms with Gasteiger partial charge in [-0.3, -0.25) is 14.8 Å². The summed E-state index contributed by atoms with van der Waals surface area (Å²) in [6.45, 7) is 5.32. The molecule has 10 heteroatoms. The number of nitrogens with one attached hydrogen (secondary N) is 2. The molecule has 2 aromatic rings. The van der Waals surface area contributed by atoms with E-state index in [1.165, 1.54) is 18.2 Å². The van der Waals surface area contributed by atoms with Crippen LogP contribution >= 0.6 is 11.3 Å². The highest BCUT2D eigenvalue weighted by atomic mass is 32.2. The highest BCUT2D eigenvalue weighted by Crippen LogP contribution is 2.23. The minimum Gasteiger partial charge on any atom is -0.365 e. The fraction of sp³-hybridized carbons (Fsp3) is 0.214. The second kappa shape index (κ2) is 7.99. The molecule has 0 aliphatic heterocycles. The predicted octanol–water partition coefficient (Wildman–Crippen LogP) is 1.87. The number of sulfonamides is 1. The van der Waals surface area contributed by atoms with Crippen LogP contribution in [-0.2, 0) is 19.6 Å². The minimum absolute atomic E-state index is 0.0498. The quantitative estimate of drug-likeness (QED) is 0.688. The fourth-order valence-corrected chi connectivity index (χ4v) is 3.48. The molecule has 1 amide bonds. The number of anilines is 2. The van der Waals surface area contributed by atoms with E-state index in [4.69, 9.17) is 4.74 Å². The summed E-state index contributed by atoms with van der Waals surface area (Å²) in [5.74, 6) is -0.412. The third-order valence-corrected chi connectivity index (χ3v) is 5.00. The largest absolute Gasteiger partial charge is 0.365 e. The summed E-state index contributed by atoms with van der Waals surface area (Å²) in [6, 6.07) is 7.87. The van der Waals surface area contributed by atoms with Crippen LogP contribution in [0.3, 0.4) is 0 Å². The second-order valence-electron chi connectivity index (χ2n) is 4.58. The number of benzene rings is 1. The van der Waals surface area contributed by atoms with Crippen LogP contribution in [0, 0.1) is 0 Å². The van der Waals surface area contributed by atoms with Gasteiger partial charge >= 0.3 is 0 Å². The number of ether oxygens (including phenoxy) is 1. The molecule has 0 bridgehead atoms. The minimum atomic E-state index is -3.75. The molecule has 0 aliphatic carbocycles. The van der Waals surface area contributed by atoms with Gasteiger partial charge in [-0.05, 0) is 19.1 Å². The van der Waals surface area contributed by atoms with Gasteiger partial charge in [-0.1, -0.05) is 35.6 Å². The Morgan fingerprint density at radius 3 is 2.67 bits per heavy atom. The van der Waals surface area contributed by atoms with Crippen molar-refractivity contribution in [2.24, 2.45) is 0 Å². The molecule has 0 saturated carbocycles. The normalized spacial score (nSPS) is 12.4. The molecule has 24 heavy (non-hydrogen) atoms. The molecule has 8 nitrogen and oxygen atoms in total. The van der Waals surface area contributed by atoms with E-state index >= 15 is 0 Å². The number of hydrogen-bond acceptors (Lipinski definition) is 7. The molecule has 1 atom stereocenters. The molecule has 1 aromatic heterocycles. The lowest BCUT2D eigenvalue weighted by atomic mass is 10.4. The third-order valence-electron chi connectivity index (χ3n) is 2.76. The summed E-state index contributed by atoms with van der Waals surface area (Å²) in [4.78, 5) is 12.0. The highest BCUT2D eigenvalue weighted by molar-refractivity contribution is 7.93. The SMILES string of the molecule is C=CCO[C@H](C)C(=O)Nc1nnc(NS(=O)(=O)c2ccccc2)s1. The van der Waals surface area contributed by atoms with E-state index in [1.807, 2.05) is 0 Å². The smallest absolute Gasteiger partial charge is 0.263 e. The molecule has 0 unspecified atom stereocenters. The number of carbonyl (C=O) groups excluding carboxylic acids is 1. The molecule has 2 rings (SSSR count). The Morgan fingerprint density at radius 1 is 1.33 bits per heavy atom. The Morgan fingerprint density at radius 2 is 2.00 bits per heavy atom. The van der Waals surface area contributed by atoms with Crippen LogP contribution in [0.15, 0.2) is 47.9 Å². The Labute approximate surface area is 143 Å². The highest BCUT2D eigenvalue weighted by Gasteiger charge is 2.18. The zero-order valence-corrected chi connectivity index (χ0v) is 14.4. The molecular weight excluding hydrogens is 352 g/mol. The van der Waals surface area contributed by atoms with Gasteiger partial charge in [0.25, 0.3) is 15.9 Å². The van der Waals surface area contributed by atoms with E-state index in [0.29, 0.717) is 0 Å². The van der Waals surface area contributed by atoms with Crippen LogP contribution in [0.5, 0.6) is 0 Å². The molecule has 0 radical (unpaired) electrons. The monoisotopic (exact) mass is 368 g/mol. The molecule has 1 heterocycles. The maximum absolute atomic E-state index is 12.2. The van der Waals surface area contributed by atoms with E-state index in [-0.39, 0.29) is 21.8 Å². The van der Waals surface area contributed by atoms with Crippen molar-refractivity contribution in [3.63, 3.8) is 0 Å². The van der Waals surface area contributed by atoms with E-state index in [0.717, 1.165) is 11.3 Å². The first kappa shape index (κ1) is 18.0. The van der Waals surface area contributed by atoms with Gasteiger partial charge in [0.2, 0.25) is 10.3 Å². The molecular formula is C14H16N4O4S2. The van der Waals surface area contributed by atoms with Crippen LogP contribution in [0.4, 0.5) is 10.3 Å². The van der Waals surface area contributed by atoms with Gasteiger partial charge in [-0.2, -0.15) is 0 Å². The Bertz CT molecular complexity index is 805. The fourth-order valence-electron chi connectivity index (χ4n) is 1.58. The number of rotatable bonds is 8. The van der Waals surface area contributed by atoms with E-state index in [2.05, 4.69) is 26.8 Å². The Balaban J connectivity index is 2.01. The summed E-state index contributed by atoms with van der Waals surface area (Å²) in [5, 5.41) is 10.2. The molecule has 2 N–H and O–H groups in total. The van der Waals surface area contributed by atoms with Crippen molar-refractivity contribution < 1.29 is 17.9 Å². The van der Waals surface area contributed by atoms with Gasteiger partial charge in [-0.25, -0.2) is 8.42 Å². The van der Waals surface area contributed by atoms with Gasteiger partial charge in [0.1, 0.15) is 6.10 Å². The van der Waals surface area contributed by atoms with Crippen molar-refractivity contribution >= 4 is 37.5 Å². The van der Waals surface area contributed by atoms with Crippen LogP contribution in [0.2, 0.25) is 0 Å². The Kier molecular flexibility index (Phi) is 6.01. The van der Waals surface area contributed by atoms with Crippen molar-refractivity contribution in [2.75, 3.05) is 16.6 Å². The Hall–Kier alpha value is -2.30. The van der Waals surface area contributed by atoms with E-state index in [9.17, 15) is 13.2 Å². The third kappa shape index (κ3) is 4.85.